The summed E-state index contributed by atoms with van der Waals surface area (Å²) in [5.74, 6) is 0.742. The van der Waals surface area contributed by atoms with E-state index in [1.54, 1.807) is 0 Å². The standard InChI is InChI=1S/C22H24FNO/c1-16(2)25-22-12-9-18-5-3-4-6-20(18)21(22)15-24-14-13-17-7-10-19(23)11-8-17/h3-12,16,24H,13-15H2,1-2H3. The van der Waals surface area contributed by atoms with Crippen LogP contribution in [-0.4, -0.2) is 12.6 Å². The summed E-state index contributed by atoms with van der Waals surface area (Å²) in [7, 11) is 0. The maximum atomic E-state index is 13.0. The lowest BCUT2D eigenvalue weighted by molar-refractivity contribution is 0.240. The summed E-state index contributed by atoms with van der Waals surface area (Å²) >= 11 is 0. The molecular formula is C22H24FNO. The number of benzene rings is 3. The van der Waals surface area contributed by atoms with E-state index in [-0.39, 0.29) is 11.9 Å². The molecule has 0 aliphatic heterocycles. The van der Waals surface area contributed by atoms with Crippen LogP contribution >= 0.6 is 0 Å². The highest BCUT2D eigenvalue weighted by molar-refractivity contribution is 5.87. The van der Waals surface area contributed by atoms with Gasteiger partial charge in [-0.2, -0.15) is 0 Å². The van der Waals surface area contributed by atoms with E-state index in [4.69, 9.17) is 4.74 Å². The fraction of sp³-hybridized carbons (Fsp3) is 0.273. The molecule has 130 valence electrons. The molecule has 2 nitrogen and oxygen atoms in total. The minimum absolute atomic E-state index is 0.138. The summed E-state index contributed by atoms with van der Waals surface area (Å²) < 4.78 is 19.0. The van der Waals surface area contributed by atoms with Crippen LogP contribution in [0, 0.1) is 5.82 Å². The Balaban J connectivity index is 1.71. The van der Waals surface area contributed by atoms with Crippen molar-refractivity contribution in [2.24, 2.45) is 0 Å². The van der Waals surface area contributed by atoms with Gasteiger partial charge in [-0.15, -0.1) is 0 Å². The minimum atomic E-state index is -0.192. The second-order valence-corrected chi connectivity index (χ2v) is 6.48. The predicted octanol–water partition coefficient (Wildman–Crippen LogP) is 5.10. The van der Waals surface area contributed by atoms with Gasteiger partial charge in [0.05, 0.1) is 6.10 Å². The molecule has 3 aromatic rings. The highest BCUT2D eigenvalue weighted by Gasteiger charge is 2.10. The summed E-state index contributed by atoms with van der Waals surface area (Å²) in [6.45, 7) is 5.66. The Morgan fingerprint density at radius 3 is 2.48 bits per heavy atom. The largest absolute Gasteiger partial charge is 0.491 e. The third-order valence-corrected chi connectivity index (χ3v) is 4.17. The lowest BCUT2D eigenvalue weighted by atomic mass is 10.0. The average Bonchev–Trinajstić information content (AvgIpc) is 2.61. The Kier molecular flexibility index (Phi) is 5.67. The van der Waals surface area contributed by atoms with E-state index in [0.29, 0.717) is 0 Å². The number of hydrogen-bond donors (Lipinski definition) is 1. The van der Waals surface area contributed by atoms with Gasteiger partial charge in [0.2, 0.25) is 0 Å². The lowest BCUT2D eigenvalue weighted by Gasteiger charge is -2.17. The van der Waals surface area contributed by atoms with E-state index < -0.39 is 0 Å². The molecule has 0 spiro atoms. The van der Waals surface area contributed by atoms with Crippen LogP contribution in [0.25, 0.3) is 10.8 Å². The quantitative estimate of drug-likeness (QED) is 0.606. The second-order valence-electron chi connectivity index (χ2n) is 6.48. The minimum Gasteiger partial charge on any atom is -0.491 e. The molecule has 0 bridgehead atoms. The van der Waals surface area contributed by atoms with Gasteiger partial charge in [-0.25, -0.2) is 4.39 Å². The predicted molar refractivity (Wildman–Crippen MR) is 102 cm³/mol. The zero-order valence-corrected chi connectivity index (χ0v) is 14.8. The Morgan fingerprint density at radius 1 is 0.960 bits per heavy atom. The smallest absolute Gasteiger partial charge is 0.124 e. The van der Waals surface area contributed by atoms with Crippen molar-refractivity contribution in [3.05, 3.63) is 77.6 Å². The van der Waals surface area contributed by atoms with Crippen LogP contribution in [0.15, 0.2) is 60.7 Å². The molecule has 3 rings (SSSR count). The third-order valence-electron chi connectivity index (χ3n) is 4.17. The Morgan fingerprint density at radius 2 is 1.72 bits per heavy atom. The molecule has 0 saturated heterocycles. The van der Waals surface area contributed by atoms with Gasteiger partial charge in [-0.3, -0.25) is 0 Å². The normalized spacial score (nSPS) is 11.2. The lowest BCUT2D eigenvalue weighted by Crippen LogP contribution is -2.18. The van der Waals surface area contributed by atoms with Gasteiger partial charge in [0.1, 0.15) is 11.6 Å². The first-order chi connectivity index (χ1) is 12.1. The van der Waals surface area contributed by atoms with Crippen molar-refractivity contribution in [2.75, 3.05) is 6.54 Å². The third kappa shape index (κ3) is 4.58. The van der Waals surface area contributed by atoms with Crippen LogP contribution in [0.3, 0.4) is 0 Å². The van der Waals surface area contributed by atoms with Crippen molar-refractivity contribution in [3.8, 4) is 5.75 Å². The molecule has 0 heterocycles. The highest BCUT2D eigenvalue weighted by atomic mass is 19.1. The summed E-state index contributed by atoms with van der Waals surface area (Å²) in [6.07, 6.45) is 1.00. The molecule has 3 heteroatoms. The molecule has 0 aliphatic carbocycles. The van der Waals surface area contributed by atoms with Gasteiger partial charge in [0.25, 0.3) is 0 Å². The van der Waals surface area contributed by atoms with Crippen molar-refractivity contribution < 1.29 is 9.13 Å². The van der Waals surface area contributed by atoms with E-state index in [9.17, 15) is 4.39 Å². The molecule has 0 atom stereocenters. The summed E-state index contributed by atoms with van der Waals surface area (Å²) in [6, 6.07) is 19.2. The SMILES string of the molecule is CC(C)Oc1ccc2ccccc2c1CNCCc1ccc(F)cc1. The number of halogens is 1. The zero-order chi connectivity index (χ0) is 17.6. The van der Waals surface area contributed by atoms with Crippen LogP contribution in [0.1, 0.15) is 25.0 Å². The Bertz CT molecular complexity index is 827. The molecule has 0 radical (unpaired) electrons. The average molecular weight is 337 g/mol. The summed E-state index contributed by atoms with van der Waals surface area (Å²) in [4.78, 5) is 0. The van der Waals surface area contributed by atoms with Crippen molar-refractivity contribution in [2.45, 2.75) is 32.9 Å². The van der Waals surface area contributed by atoms with Crippen LogP contribution in [0.2, 0.25) is 0 Å². The van der Waals surface area contributed by atoms with Crippen LogP contribution in [0.4, 0.5) is 4.39 Å². The van der Waals surface area contributed by atoms with Gasteiger partial charge in [0, 0.05) is 12.1 Å². The van der Waals surface area contributed by atoms with Crippen LogP contribution < -0.4 is 10.1 Å². The molecule has 0 aromatic heterocycles. The monoisotopic (exact) mass is 337 g/mol. The fourth-order valence-electron chi connectivity index (χ4n) is 2.96. The fourth-order valence-corrected chi connectivity index (χ4v) is 2.96. The maximum Gasteiger partial charge on any atom is 0.124 e. The molecule has 1 N–H and O–H groups in total. The number of hydrogen-bond acceptors (Lipinski definition) is 2. The first kappa shape index (κ1) is 17.4. The van der Waals surface area contributed by atoms with Crippen molar-refractivity contribution in [1.29, 1.82) is 0 Å². The summed E-state index contributed by atoms with van der Waals surface area (Å²) in [5.41, 5.74) is 2.32. The Hall–Kier alpha value is -2.39. The maximum absolute atomic E-state index is 13.0. The summed E-state index contributed by atoms with van der Waals surface area (Å²) in [5, 5.41) is 5.93. The first-order valence-corrected chi connectivity index (χ1v) is 8.76. The van der Waals surface area contributed by atoms with Crippen LogP contribution in [0.5, 0.6) is 5.75 Å². The molecular weight excluding hydrogens is 313 g/mol. The topological polar surface area (TPSA) is 21.3 Å². The van der Waals surface area contributed by atoms with E-state index in [1.165, 1.54) is 28.5 Å². The molecule has 3 aromatic carbocycles. The Labute approximate surface area is 148 Å². The first-order valence-electron chi connectivity index (χ1n) is 8.76. The number of fused-ring (bicyclic) bond motifs is 1. The molecule has 0 aliphatic rings. The second kappa shape index (κ2) is 8.13. The van der Waals surface area contributed by atoms with Crippen molar-refractivity contribution >= 4 is 10.8 Å². The van der Waals surface area contributed by atoms with Gasteiger partial charge in [0.15, 0.2) is 0 Å². The highest BCUT2D eigenvalue weighted by Crippen LogP contribution is 2.28. The number of rotatable bonds is 7. The van der Waals surface area contributed by atoms with Gasteiger partial charge in [-0.1, -0.05) is 42.5 Å². The molecule has 0 amide bonds. The van der Waals surface area contributed by atoms with E-state index in [0.717, 1.165) is 30.8 Å². The van der Waals surface area contributed by atoms with Gasteiger partial charge in [-0.05, 0) is 61.3 Å². The number of nitrogens with one attached hydrogen (secondary N) is 1. The van der Waals surface area contributed by atoms with Crippen LogP contribution in [-0.2, 0) is 13.0 Å². The molecule has 0 fully saturated rings. The van der Waals surface area contributed by atoms with E-state index >= 15 is 0 Å². The van der Waals surface area contributed by atoms with Gasteiger partial charge >= 0.3 is 0 Å². The van der Waals surface area contributed by atoms with E-state index in [1.807, 2.05) is 26.0 Å². The van der Waals surface area contributed by atoms with Crippen molar-refractivity contribution in [1.82, 2.24) is 5.32 Å². The number of ether oxygens (including phenoxy) is 1. The molecule has 0 unspecified atom stereocenters. The van der Waals surface area contributed by atoms with E-state index in [2.05, 4.69) is 41.7 Å². The zero-order valence-electron chi connectivity index (χ0n) is 14.8. The van der Waals surface area contributed by atoms with Gasteiger partial charge < -0.3 is 10.1 Å². The molecule has 0 saturated carbocycles. The molecule has 25 heavy (non-hydrogen) atoms. The van der Waals surface area contributed by atoms with Crippen molar-refractivity contribution in [3.63, 3.8) is 0 Å².